The van der Waals surface area contributed by atoms with Crippen LogP contribution >= 0.6 is 0 Å². The number of benzene rings is 1. The molecule has 1 fully saturated rings. The highest BCUT2D eigenvalue weighted by atomic mass is 16.5. The van der Waals surface area contributed by atoms with Gasteiger partial charge in [-0.25, -0.2) is 4.98 Å². The fourth-order valence-corrected chi connectivity index (χ4v) is 4.24. The zero-order chi connectivity index (χ0) is 22.5. The minimum atomic E-state index is -0.0991. The van der Waals surface area contributed by atoms with Gasteiger partial charge in [-0.05, 0) is 30.5 Å². The number of rotatable bonds is 7. The maximum absolute atomic E-state index is 13.1. The van der Waals surface area contributed by atoms with E-state index in [-0.39, 0.29) is 23.8 Å². The van der Waals surface area contributed by atoms with Crippen molar-refractivity contribution in [1.82, 2.24) is 19.8 Å². The molecule has 2 amide bonds. The van der Waals surface area contributed by atoms with E-state index >= 15 is 0 Å². The summed E-state index contributed by atoms with van der Waals surface area (Å²) >= 11 is 0. The molecule has 1 saturated heterocycles. The Morgan fingerprint density at radius 2 is 1.94 bits per heavy atom. The SMILES string of the molecule is COCCNC(=O)C1CCN(C(=O)c2ncn3c2CO[C@H](c2ccc(OC)cc2)C3)CC1. The van der Waals surface area contributed by atoms with Crippen LogP contribution in [0.25, 0.3) is 0 Å². The van der Waals surface area contributed by atoms with Gasteiger partial charge >= 0.3 is 0 Å². The number of likely N-dealkylation sites (tertiary alicyclic amines) is 1. The van der Waals surface area contributed by atoms with E-state index in [4.69, 9.17) is 14.2 Å². The Kier molecular flexibility index (Phi) is 7.06. The van der Waals surface area contributed by atoms with Crippen LogP contribution in [-0.4, -0.2) is 66.7 Å². The van der Waals surface area contributed by atoms with Crippen LogP contribution in [0, 0.1) is 5.92 Å². The molecule has 1 aromatic heterocycles. The van der Waals surface area contributed by atoms with Crippen molar-refractivity contribution in [3.8, 4) is 5.75 Å². The summed E-state index contributed by atoms with van der Waals surface area (Å²) in [5, 5.41) is 2.88. The van der Waals surface area contributed by atoms with Gasteiger partial charge in [-0.15, -0.1) is 0 Å². The molecule has 0 spiro atoms. The largest absolute Gasteiger partial charge is 0.497 e. The van der Waals surface area contributed by atoms with Gasteiger partial charge in [0.05, 0.1) is 38.9 Å². The van der Waals surface area contributed by atoms with Gasteiger partial charge in [0.1, 0.15) is 11.9 Å². The summed E-state index contributed by atoms with van der Waals surface area (Å²) < 4.78 is 18.2. The van der Waals surface area contributed by atoms with E-state index in [0.29, 0.717) is 57.9 Å². The second-order valence-corrected chi connectivity index (χ2v) is 8.12. The third-order valence-electron chi connectivity index (χ3n) is 6.18. The summed E-state index contributed by atoms with van der Waals surface area (Å²) in [4.78, 5) is 31.6. The molecule has 1 aromatic carbocycles. The van der Waals surface area contributed by atoms with Crippen LogP contribution in [0.4, 0.5) is 0 Å². The van der Waals surface area contributed by atoms with E-state index in [1.54, 1.807) is 25.4 Å². The summed E-state index contributed by atoms with van der Waals surface area (Å²) in [6, 6.07) is 7.82. The Bertz CT molecular complexity index is 934. The second kappa shape index (κ2) is 10.1. The van der Waals surface area contributed by atoms with Gasteiger partial charge in [0.2, 0.25) is 5.91 Å². The summed E-state index contributed by atoms with van der Waals surface area (Å²) in [7, 11) is 3.25. The molecular formula is C23H30N4O5. The van der Waals surface area contributed by atoms with Gasteiger partial charge in [-0.3, -0.25) is 9.59 Å². The number of imidazole rings is 1. The van der Waals surface area contributed by atoms with Crippen LogP contribution in [0.3, 0.4) is 0 Å². The molecule has 0 aliphatic carbocycles. The lowest BCUT2D eigenvalue weighted by molar-refractivity contribution is -0.126. The molecule has 9 nitrogen and oxygen atoms in total. The van der Waals surface area contributed by atoms with Crippen LogP contribution in [0.1, 0.15) is 40.7 Å². The number of amides is 2. The minimum absolute atomic E-state index is 0.0338. The number of carbonyl (C=O) groups excluding carboxylic acids is 2. The molecule has 2 aliphatic rings. The third kappa shape index (κ3) is 4.78. The number of ether oxygens (including phenoxy) is 3. The summed E-state index contributed by atoms with van der Waals surface area (Å²) in [5.74, 6) is 0.673. The Hall–Kier alpha value is -2.91. The average molecular weight is 443 g/mol. The zero-order valence-electron chi connectivity index (χ0n) is 18.6. The van der Waals surface area contributed by atoms with Gasteiger partial charge in [-0.2, -0.15) is 0 Å². The third-order valence-corrected chi connectivity index (χ3v) is 6.18. The van der Waals surface area contributed by atoms with Crippen molar-refractivity contribution in [1.29, 1.82) is 0 Å². The Morgan fingerprint density at radius 3 is 2.62 bits per heavy atom. The minimum Gasteiger partial charge on any atom is -0.497 e. The van der Waals surface area contributed by atoms with Crippen LogP contribution in [0.5, 0.6) is 5.75 Å². The van der Waals surface area contributed by atoms with E-state index in [2.05, 4.69) is 10.3 Å². The predicted octanol–water partition coefficient (Wildman–Crippen LogP) is 1.78. The first-order valence-electron chi connectivity index (χ1n) is 11.0. The summed E-state index contributed by atoms with van der Waals surface area (Å²) in [6.07, 6.45) is 2.92. The van der Waals surface area contributed by atoms with Crippen LogP contribution in [0.2, 0.25) is 0 Å². The second-order valence-electron chi connectivity index (χ2n) is 8.12. The van der Waals surface area contributed by atoms with E-state index in [9.17, 15) is 9.59 Å². The Morgan fingerprint density at radius 1 is 1.19 bits per heavy atom. The van der Waals surface area contributed by atoms with Gasteiger partial charge in [0.25, 0.3) is 5.91 Å². The first kappa shape index (κ1) is 22.3. The molecule has 3 heterocycles. The number of nitrogens with zero attached hydrogens (tertiary/aromatic N) is 3. The predicted molar refractivity (Wildman–Crippen MR) is 116 cm³/mol. The van der Waals surface area contributed by atoms with Crippen LogP contribution < -0.4 is 10.1 Å². The lowest BCUT2D eigenvalue weighted by Crippen LogP contribution is -2.44. The first-order valence-corrected chi connectivity index (χ1v) is 11.0. The number of hydrogen-bond acceptors (Lipinski definition) is 6. The number of methoxy groups -OCH3 is 2. The molecule has 1 N–H and O–H groups in total. The van der Waals surface area contributed by atoms with E-state index in [1.807, 2.05) is 28.8 Å². The number of aromatic nitrogens is 2. The topological polar surface area (TPSA) is 94.9 Å². The van der Waals surface area contributed by atoms with Gasteiger partial charge in [0.15, 0.2) is 5.69 Å². The standard InChI is InChI=1S/C23H30N4O5/c1-30-12-9-24-22(28)17-7-10-26(11-8-17)23(29)21-19-14-32-20(13-27(19)15-25-21)16-3-5-18(31-2)6-4-16/h3-6,15,17,20H,7-14H2,1-2H3,(H,24,28)/t20-/m0/s1. The molecule has 2 aromatic rings. The number of carbonyl (C=O) groups is 2. The normalized spacial score (nSPS) is 18.8. The number of nitrogens with one attached hydrogen (secondary N) is 1. The highest BCUT2D eigenvalue weighted by molar-refractivity contribution is 5.93. The monoisotopic (exact) mass is 442 g/mol. The van der Waals surface area contributed by atoms with Crippen molar-refractivity contribution in [2.75, 3.05) is 40.5 Å². The molecule has 0 saturated carbocycles. The van der Waals surface area contributed by atoms with Crippen molar-refractivity contribution in [3.63, 3.8) is 0 Å². The number of piperidine rings is 1. The van der Waals surface area contributed by atoms with E-state index < -0.39 is 0 Å². The van der Waals surface area contributed by atoms with Gasteiger partial charge < -0.3 is 29.0 Å². The molecular weight excluding hydrogens is 412 g/mol. The fraction of sp³-hybridized carbons (Fsp3) is 0.522. The van der Waals surface area contributed by atoms with Gasteiger partial charge in [0, 0.05) is 32.7 Å². The Balaban J connectivity index is 1.34. The van der Waals surface area contributed by atoms with Crippen LogP contribution in [-0.2, 0) is 27.4 Å². The highest BCUT2D eigenvalue weighted by Gasteiger charge is 2.32. The molecule has 0 bridgehead atoms. The summed E-state index contributed by atoms with van der Waals surface area (Å²) in [6.45, 7) is 3.02. The van der Waals surface area contributed by atoms with Gasteiger partial charge in [-0.1, -0.05) is 12.1 Å². The quantitative estimate of drug-likeness (QED) is 0.657. The summed E-state index contributed by atoms with van der Waals surface area (Å²) in [5.41, 5.74) is 2.31. The molecule has 9 heteroatoms. The smallest absolute Gasteiger partial charge is 0.274 e. The lowest BCUT2D eigenvalue weighted by atomic mass is 9.95. The van der Waals surface area contributed by atoms with Crippen molar-refractivity contribution in [2.24, 2.45) is 5.92 Å². The molecule has 172 valence electrons. The molecule has 1 atom stereocenters. The lowest BCUT2D eigenvalue weighted by Gasteiger charge is -2.31. The average Bonchev–Trinajstić information content (AvgIpc) is 3.27. The molecule has 0 unspecified atom stereocenters. The maximum atomic E-state index is 13.1. The first-order chi connectivity index (χ1) is 15.6. The van der Waals surface area contributed by atoms with E-state index in [1.165, 1.54) is 0 Å². The van der Waals surface area contributed by atoms with Crippen LogP contribution in [0.15, 0.2) is 30.6 Å². The fourth-order valence-electron chi connectivity index (χ4n) is 4.24. The maximum Gasteiger partial charge on any atom is 0.274 e. The van der Waals surface area contributed by atoms with E-state index in [0.717, 1.165) is 17.0 Å². The zero-order valence-corrected chi connectivity index (χ0v) is 18.6. The highest BCUT2D eigenvalue weighted by Crippen LogP contribution is 2.29. The number of fused-ring (bicyclic) bond motifs is 1. The van der Waals surface area contributed by atoms with Crippen molar-refractivity contribution in [3.05, 3.63) is 47.5 Å². The molecule has 2 aliphatic heterocycles. The Labute approximate surface area is 187 Å². The molecule has 0 radical (unpaired) electrons. The van der Waals surface area contributed by atoms with Crippen molar-refractivity contribution < 1.29 is 23.8 Å². The van der Waals surface area contributed by atoms with Crippen molar-refractivity contribution in [2.45, 2.75) is 32.1 Å². The molecule has 32 heavy (non-hydrogen) atoms. The van der Waals surface area contributed by atoms with Crippen molar-refractivity contribution >= 4 is 11.8 Å². The molecule has 4 rings (SSSR count). The number of hydrogen-bond donors (Lipinski definition) is 1.